The lowest BCUT2D eigenvalue weighted by Crippen LogP contribution is -2.22. The summed E-state index contributed by atoms with van der Waals surface area (Å²) in [6, 6.07) is 14.2. The minimum Gasteiger partial charge on any atom is -0.856 e. The predicted octanol–water partition coefficient (Wildman–Crippen LogP) is 3.55. The molecule has 0 saturated carbocycles. The summed E-state index contributed by atoms with van der Waals surface area (Å²) in [5.74, 6) is -0.911. The molecule has 0 spiro atoms. The van der Waals surface area contributed by atoms with Crippen LogP contribution in [0, 0.1) is 0 Å². The zero-order valence-electron chi connectivity index (χ0n) is 15.3. The third-order valence-corrected chi connectivity index (χ3v) is 4.73. The molecular weight excluding hydrogens is 424 g/mol. The molecule has 28 heavy (non-hydrogen) atoms. The third-order valence-electron chi connectivity index (χ3n) is 4.20. The van der Waals surface area contributed by atoms with Gasteiger partial charge in [0.1, 0.15) is 0 Å². The van der Waals surface area contributed by atoms with E-state index in [1.165, 1.54) is 4.58 Å². The van der Waals surface area contributed by atoms with Crippen molar-refractivity contribution in [3.05, 3.63) is 58.6 Å². The number of fused-ring (bicyclic) bond motifs is 1. The summed E-state index contributed by atoms with van der Waals surface area (Å²) in [6.07, 6.45) is 1.61. The van der Waals surface area contributed by atoms with Crippen molar-refractivity contribution in [1.82, 2.24) is 4.98 Å². The molecule has 1 heterocycles. The van der Waals surface area contributed by atoms with Gasteiger partial charge in [-0.1, -0.05) is 40.2 Å². The maximum atomic E-state index is 12.5. The van der Waals surface area contributed by atoms with E-state index in [2.05, 4.69) is 20.9 Å². The number of esters is 1. The molecule has 7 heteroatoms. The van der Waals surface area contributed by atoms with Gasteiger partial charge < -0.3 is 14.8 Å². The van der Waals surface area contributed by atoms with Crippen molar-refractivity contribution in [3.63, 3.8) is 0 Å². The number of rotatable bonds is 7. The first-order valence-corrected chi connectivity index (χ1v) is 9.61. The van der Waals surface area contributed by atoms with E-state index in [0.29, 0.717) is 22.2 Å². The first-order valence-electron chi connectivity index (χ1n) is 8.81. The summed E-state index contributed by atoms with van der Waals surface area (Å²) < 4.78 is 7.40. The number of nitrogens with one attached hydrogen (secondary N) is 1. The van der Waals surface area contributed by atoms with Gasteiger partial charge in [0.25, 0.3) is 0 Å². The van der Waals surface area contributed by atoms with Crippen LogP contribution >= 0.6 is 15.9 Å². The van der Waals surface area contributed by atoms with Crippen molar-refractivity contribution in [2.75, 3.05) is 13.2 Å². The molecule has 0 saturated heterocycles. The van der Waals surface area contributed by atoms with E-state index in [9.17, 15) is 14.7 Å². The Hall–Kier alpha value is -2.93. The summed E-state index contributed by atoms with van der Waals surface area (Å²) in [5.41, 5.74) is 1.55. The monoisotopic (exact) mass is 442 g/mol. The number of benzene rings is 2. The number of carbonyl (C=O) groups excluding carboxylic acids is 2. The first-order chi connectivity index (χ1) is 13.5. The van der Waals surface area contributed by atoms with Crippen molar-refractivity contribution in [2.45, 2.75) is 13.3 Å². The molecule has 0 unspecified atom stereocenters. The quantitative estimate of drug-likeness (QED) is 0.262. The number of Topliss-reactive ketones (excluding diaryl/α,β-unsaturated/α-hetero) is 1. The Labute approximate surface area is 170 Å². The van der Waals surface area contributed by atoms with Gasteiger partial charge in [-0.25, -0.2) is 4.79 Å². The number of aromatic nitrogens is 1. The third kappa shape index (κ3) is 4.48. The first kappa shape index (κ1) is 19.8. The molecule has 1 aromatic heterocycles. The van der Waals surface area contributed by atoms with Crippen molar-refractivity contribution in [2.24, 2.45) is 0 Å². The molecule has 2 aromatic carbocycles. The van der Waals surface area contributed by atoms with Crippen molar-refractivity contribution in [1.29, 1.82) is 0 Å². The number of aromatic amines is 1. The topological polar surface area (TPSA) is 85.2 Å². The zero-order valence-corrected chi connectivity index (χ0v) is 16.9. The normalized spacial score (nSPS) is 11.6. The van der Waals surface area contributed by atoms with E-state index in [0.717, 1.165) is 4.47 Å². The molecule has 3 aromatic rings. The second-order valence-electron chi connectivity index (χ2n) is 6.10. The van der Waals surface area contributed by atoms with Crippen LogP contribution in [0.15, 0.2) is 53.0 Å². The Morgan fingerprint density at radius 2 is 1.89 bits per heavy atom. The van der Waals surface area contributed by atoms with Crippen LogP contribution < -0.4 is 5.11 Å². The minimum absolute atomic E-state index is 0.0417. The maximum Gasteiger partial charge on any atom is 0.372 e. The smallest absolute Gasteiger partial charge is 0.372 e. The van der Waals surface area contributed by atoms with Crippen molar-refractivity contribution >= 4 is 50.5 Å². The van der Waals surface area contributed by atoms with E-state index >= 15 is 0 Å². The fourth-order valence-corrected chi connectivity index (χ4v) is 3.18. The summed E-state index contributed by atoms with van der Waals surface area (Å²) in [7, 11) is 0. The van der Waals surface area contributed by atoms with Crippen molar-refractivity contribution < 1.29 is 24.0 Å². The van der Waals surface area contributed by atoms with Crippen LogP contribution in [-0.2, 0) is 9.53 Å². The minimum atomic E-state index is -0.473. The fraction of sp³-hybridized carbons (Fsp3) is 0.190. The van der Waals surface area contributed by atoms with E-state index in [4.69, 9.17) is 4.74 Å². The lowest BCUT2D eigenvalue weighted by Gasteiger charge is -2.07. The highest BCUT2D eigenvalue weighted by Gasteiger charge is 2.22. The molecule has 0 radical (unpaired) electrons. The maximum absolute atomic E-state index is 12.5. The number of nitrogens with zero attached hydrogens (tertiary/aromatic N) is 1. The number of hydrogen-bond acceptors (Lipinski definition) is 4. The fourth-order valence-electron chi connectivity index (χ4n) is 2.91. The summed E-state index contributed by atoms with van der Waals surface area (Å²) in [6.45, 7) is 1.80. The van der Waals surface area contributed by atoms with Gasteiger partial charge in [0, 0.05) is 15.9 Å². The number of para-hydroxylation sites is 1. The molecule has 0 aliphatic heterocycles. The highest BCUT2D eigenvalue weighted by atomic mass is 79.9. The molecule has 0 atom stereocenters. The molecule has 0 amide bonds. The standard InChI is InChI=1S/C21H19BrN2O4/c1-2-28-19(26)13-24(12-11-18(25)14-7-9-15(22)10-8-14)20-16-5-3-4-6-17(16)23-21(20)27/h3-10,12,23H,2,11,13H2,1H3. The van der Waals surface area contributed by atoms with E-state index in [1.807, 2.05) is 12.1 Å². The van der Waals surface area contributed by atoms with Crippen molar-refractivity contribution in [3.8, 4) is 5.88 Å². The second kappa shape index (κ2) is 8.84. The van der Waals surface area contributed by atoms with E-state index < -0.39 is 5.97 Å². The second-order valence-corrected chi connectivity index (χ2v) is 7.01. The van der Waals surface area contributed by atoms with Gasteiger partial charge in [-0.05, 0) is 31.2 Å². The Balaban J connectivity index is 1.95. The number of ketones is 1. The average molecular weight is 443 g/mol. The molecule has 0 bridgehead atoms. The zero-order chi connectivity index (χ0) is 20.1. The lowest BCUT2D eigenvalue weighted by molar-refractivity contribution is -0.435. The van der Waals surface area contributed by atoms with Crippen LogP contribution in [0.5, 0.6) is 5.88 Å². The molecule has 144 valence electrons. The van der Waals surface area contributed by atoms with Crippen LogP contribution in [0.4, 0.5) is 5.69 Å². The molecule has 0 aliphatic rings. The van der Waals surface area contributed by atoms with Crippen LogP contribution in [0.1, 0.15) is 23.7 Å². The summed E-state index contributed by atoms with van der Waals surface area (Å²) in [4.78, 5) is 27.4. The summed E-state index contributed by atoms with van der Waals surface area (Å²) >= 11 is 3.34. The number of H-pyrrole nitrogens is 1. The number of ether oxygens (including phenoxy) is 1. The Kier molecular flexibility index (Phi) is 6.26. The molecule has 6 nitrogen and oxygen atoms in total. The lowest BCUT2D eigenvalue weighted by atomic mass is 10.1. The number of halogens is 1. The van der Waals surface area contributed by atoms with Crippen LogP contribution in [0.25, 0.3) is 10.9 Å². The Morgan fingerprint density at radius 3 is 2.61 bits per heavy atom. The van der Waals surface area contributed by atoms with Crippen LogP contribution in [0.2, 0.25) is 0 Å². The Morgan fingerprint density at radius 1 is 1.18 bits per heavy atom. The highest BCUT2D eigenvalue weighted by molar-refractivity contribution is 9.10. The van der Waals surface area contributed by atoms with Gasteiger partial charge in [-0.3, -0.25) is 4.79 Å². The summed E-state index contributed by atoms with van der Waals surface area (Å²) in [5, 5.41) is 13.2. The van der Waals surface area contributed by atoms with Gasteiger partial charge in [0.2, 0.25) is 12.2 Å². The van der Waals surface area contributed by atoms with Gasteiger partial charge in [-0.15, -0.1) is 0 Å². The van der Waals surface area contributed by atoms with Gasteiger partial charge >= 0.3 is 5.97 Å². The highest BCUT2D eigenvalue weighted by Crippen LogP contribution is 2.32. The Bertz CT molecular complexity index is 1040. The van der Waals surface area contributed by atoms with E-state index in [1.54, 1.807) is 49.5 Å². The van der Waals surface area contributed by atoms with E-state index in [-0.39, 0.29) is 31.2 Å². The number of carbonyl (C=O) groups is 2. The molecule has 0 fully saturated rings. The molecular formula is C21H19BrN2O4. The molecule has 3 rings (SSSR count). The predicted molar refractivity (Wildman–Crippen MR) is 108 cm³/mol. The van der Waals surface area contributed by atoms with Crippen LogP contribution in [-0.4, -0.2) is 40.7 Å². The van der Waals surface area contributed by atoms with Gasteiger partial charge in [0.05, 0.1) is 23.9 Å². The molecule has 1 N–H and O–H groups in total. The number of hydrogen-bond donors (Lipinski definition) is 1. The SMILES string of the molecule is CCOC(=O)C[N+](=CCC(=O)c1ccc(Br)cc1)c1c([O-])[nH]c2ccccc12. The largest absolute Gasteiger partial charge is 0.856 e. The van der Waals surface area contributed by atoms with Gasteiger partial charge in [0.15, 0.2) is 12.0 Å². The average Bonchev–Trinajstić information content (AvgIpc) is 3.01. The van der Waals surface area contributed by atoms with Gasteiger partial charge in [-0.2, -0.15) is 4.58 Å². The molecule has 0 aliphatic carbocycles. The van der Waals surface area contributed by atoms with Crippen LogP contribution in [0.3, 0.4) is 0 Å².